The molecule has 6 heteroatoms. The number of rotatable bonds is 3. The number of ether oxygens (including phenoxy) is 1. The Hall–Kier alpha value is -3.15. The van der Waals surface area contributed by atoms with E-state index in [0.717, 1.165) is 28.8 Å². The molecule has 0 saturated heterocycles. The zero-order valence-electron chi connectivity index (χ0n) is 15.1. The van der Waals surface area contributed by atoms with E-state index in [1.165, 1.54) is 7.11 Å². The number of aryl methyl sites for hydroxylation is 1. The van der Waals surface area contributed by atoms with E-state index >= 15 is 0 Å². The first-order valence-corrected chi connectivity index (χ1v) is 8.90. The van der Waals surface area contributed by atoms with Crippen LogP contribution in [0.2, 0.25) is 0 Å². The van der Waals surface area contributed by atoms with Gasteiger partial charge < -0.3 is 10.1 Å². The number of carbonyl (C=O) groups is 1. The predicted octanol–water partition coefficient (Wildman–Crippen LogP) is 4.52. The van der Waals surface area contributed by atoms with E-state index in [4.69, 9.17) is 4.74 Å². The van der Waals surface area contributed by atoms with Crippen LogP contribution >= 0.6 is 0 Å². The Morgan fingerprint density at radius 2 is 1.96 bits per heavy atom. The van der Waals surface area contributed by atoms with Crippen LogP contribution in [0.25, 0.3) is 0 Å². The van der Waals surface area contributed by atoms with Gasteiger partial charge in [0.1, 0.15) is 0 Å². The number of allylic oxidation sites excluding steroid dienone is 2. The molecule has 3 atom stereocenters. The van der Waals surface area contributed by atoms with E-state index in [1.807, 2.05) is 19.1 Å². The number of hydrogen-bond acceptors (Lipinski definition) is 5. The van der Waals surface area contributed by atoms with E-state index in [0.29, 0.717) is 5.56 Å². The number of nitro groups is 1. The standard InChI is InChI=1S/C21H20N2O4/c1-12-6-11-17(23(25)26)18-15-4-3-5-16(15)20(22-19(12)18)13-7-9-14(10-8-13)21(24)27-2/h3-4,6-11,15-16,20,22H,5H2,1-2H3/t15-,16+,20?/m1/s1. The van der Waals surface area contributed by atoms with Crippen molar-refractivity contribution in [1.29, 1.82) is 0 Å². The van der Waals surface area contributed by atoms with Crippen molar-refractivity contribution < 1.29 is 14.5 Å². The summed E-state index contributed by atoms with van der Waals surface area (Å²) >= 11 is 0. The average molecular weight is 364 g/mol. The zero-order chi connectivity index (χ0) is 19.1. The summed E-state index contributed by atoms with van der Waals surface area (Å²) in [5.74, 6) is -0.163. The second-order valence-electron chi connectivity index (χ2n) is 7.04. The van der Waals surface area contributed by atoms with E-state index < -0.39 is 0 Å². The molecule has 0 fully saturated rings. The lowest BCUT2D eigenvalue weighted by Gasteiger charge is -2.38. The number of anilines is 1. The molecule has 0 bridgehead atoms. The number of nitrogens with zero attached hydrogens (tertiary/aromatic N) is 1. The number of esters is 1. The third-order valence-corrected chi connectivity index (χ3v) is 5.59. The van der Waals surface area contributed by atoms with Crippen LogP contribution in [-0.2, 0) is 4.74 Å². The monoisotopic (exact) mass is 364 g/mol. The van der Waals surface area contributed by atoms with Gasteiger partial charge in [0.05, 0.1) is 29.2 Å². The van der Waals surface area contributed by atoms with Crippen molar-refractivity contribution in [2.45, 2.75) is 25.3 Å². The minimum absolute atomic E-state index is 0.00633. The first-order chi connectivity index (χ1) is 13.0. The number of carbonyl (C=O) groups excluding carboxylic acids is 1. The number of benzene rings is 2. The highest BCUT2D eigenvalue weighted by Crippen LogP contribution is 2.53. The van der Waals surface area contributed by atoms with Gasteiger partial charge in [-0.2, -0.15) is 0 Å². The normalized spacial score (nSPS) is 22.5. The lowest BCUT2D eigenvalue weighted by molar-refractivity contribution is -0.385. The molecule has 0 radical (unpaired) electrons. The molecule has 1 unspecified atom stereocenters. The highest BCUT2D eigenvalue weighted by molar-refractivity contribution is 5.89. The second-order valence-corrected chi connectivity index (χ2v) is 7.04. The number of fused-ring (bicyclic) bond motifs is 3. The maximum absolute atomic E-state index is 11.7. The number of methoxy groups -OCH3 is 1. The van der Waals surface area contributed by atoms with Crippen molar-refractivity contribution in [1.82, 2.24) is 0 Å². The van der Waals surface area contributed by atoms with Gasteiger partial charge in [-0.1, -0.05) is 30.4 Å². The van der Waals surface area contributed by atoms with Crippen LogP contribution in [0.1, 0.15) is 45.4 Å². The van der Waals surface area contributed by atoms with E-state index in [9.17, 15) is 14.9 Å². The Morgan fingerprint density at radius 3 is 2.63 bits per heavy atom. The van der Waals surface area contributed by atoms with Crippen molar-refractivity contribution in [2.24, 2.45) is 5.92 Å². The van der Waals surface area contributed by atoms with Crippen molar-refractivity contribution in [3.8, 4) is 0 Å². The molecule has 2 aliphatic rings. The summed E-state index contributed by atoms with van der Waals surface area (Å²) in [4.78, 5) is 22.9. The van der Waals surface area contributed by atoms with E-state index in [2.05, 4.69) is 17.5 Å². The van der Waals surface area contributed by atoms with Crippen LogP contribution < -0.4 is 5.32 Å². The molecule has 0 aromatic heterocycles. The van der Waals surface area contributed by atoms with Crippen LogP contribution in [0, 0.1) is 23.0 Å². The minimum atomic E-state index is -0.365. The molecular formula is C21H20N2O4. The molecule has 2 aromatic carbocycles. The van der Waals surface area contributed by atoms with Crippen molar-refractivity contribution in [3.05, 3.63) is 80.9 Å². The fourth-order valence-corrected chi connectivity index (χ4v) is 4.27. The lowest BCUT2D eigenvalue weighted by atomic mass is 9.75. The fraction of sp³-hybridized carbons (Fsp3) is 0.286. The summed E-state index contributed by atoms with van der Waals surface area (Å²) in [5.41, 5.74) is 4.35. The second kappa shape index (κ2) is 6.54. The first kappa shape index (κ1) is 17.3. The molecule has 1 N–H and O–H groups in total. The highest BCUT2D eigenvalue weighted by Gasteiger charge is 2.42. The van der Waals surface area contributed by atoms with Crippen LogP contribution in [-0.4, -0.2) is 18.0 Å². The Kier molecular flexibility index (Phi) is 4.18. The van der Waals surface area contributed by atoms with Gasteiger partial charge in [0.15, 0.2) is 0 Å². The third kappa shape index (κ3) is 2.77. The molecule has 27 heavy (non-hydrogen) atoms. The minimum Gasteiger partial charge on any atom is -0.465 e. The molecule has 2 aromatic rings. The number of hydrogen-bond donors (Lipinski definition) is 1. The average Bonchev–Trinajstić information content (AvgIpc) is 3.17. The van der Waals surface area contributed by atoms with Crippen LogP contribution in [0.3, 0.4) is 0 Å². The quantitative estimate of drug-likeness (QED) is 0.375. The lowest BCUT2D eigenvalue weighted by Crippen LogP contribution is -2.30. The Balaban J connectivity index is 1.77. The van der Waals surface area contributed by atoms with Gasteiger partial charge >= 0.3 is 5.97 Å². The molecule has 0 amide bonds. The number of nitrogens with one attached hydrogen (secondary N) is 1. The molecule has 4 rings (SSSR count). The molecule has 1 aliphatic carbocycles. The van der Waals surface area contributed by atoms with E-state index in [1.54, 1.807) is 24.3 Å². The van der Waals surface area contributed by atoms with Crippen molar-refractivity contribution >= 4 is 17.3 Å². The van der Waals surface area contributed by atoms with Gasteiger partial charge in [0.25, 0.3) is 5.69 Å². The van der Waals surface area contributed by atoms with Crippen molar-refractivity contribution in [3.63, 3.8) is 0 Å². The molecule has 0 spiro atoms. The summed E-state index contributed by atoms with van der Waals surface area (Å²) in [7, 11) is 1.36. The molecule has 6 nitrogen and oxygen atoms in total. The third-order valence-electron chi connectivity index (χ3n) is 5.59. The van der Waals surface area contributed by atoms with Gasteiger partial charge in [0, 0.05) is 17.7 Å². The SMILES string of the molecule is COC(=O)c1ccc(C2Nc3c(C)ccc([N+](=O)[O-])c3[C@@H]3C=CC[C@H]23)cc1. The molecule has 1 aliphatic heterocycles. The Morgan fingerprint density at radius 1 is 1.22 bits per heavy atom. The van der Waals surface area contributed by atoms with Crippen LogP contribution in [0.5, 0.6) is 0 Å². The summed E-state index contributed by atoms with van der Waals surface area (Å²) in [6, 6.07) is 10.8. The molecular weight excluding hydrogens is 344 g/mol. The Bertz CT molecular complexity index is 949. The first-order valence-electron chi connectivity index (χ1n) is 8.90. The maximum Gasteiger partial charge on any atom is 0.337 e. The molecule has 0 saturated carbocycles. The largest absolute Gasteiger partial charge is 0.465 e. The van der Waals surface area contributed by atoms with Gasteiger partial charge in [-0.05, 0) is 42.5 Å². The predicted molar refractivity (Wildman–Crippen MR) is 102 cm³/mol. The maximum atomic E-state index is 11.7. The van der Waals surface area contributed by atoms with Gasteiger partial charge in [-0.25, -0.2) is 4.79 Å². The van der Waals surface area contributed by atoms with Crippen LogP contribution in [0.15, 0.2) is 48.6 Å². The number of nitro benzene ring substituents is 1. The smallest absolute Gasteiger partial charge is 0.337 e. The van der Waals surface area contributed by atoms with Gasteiger partial charge in [-0.3, -0.25) is 10.1 Å². The fourth-order valence-electron chi connectivity index (χ4n) is 4.27. The van der Waals surface area contributed by atoms with Crippen LogP contribution in [0.4, 0.5) is 11.4 Å². The van der Waals surface area contributed by atoms with Gasteiger partial charge in [0.2, 0.25) is 0 Å². The summed E-state index contributed by atoms with van der Waals surface area (Å²) in [5, 5.41) is 15.1. The van der Waals surface area contributed by atoms with Crippen molar-refractivity contribution in [2.75, 3.05) is 12.4 Å². The zero-order valence-corrected chi connectivity index (χ0v) is 15.1. The summed E-state index contributed by atoms with van der Waals surface area (Å²) in [6.07, 6.45) is 5.05. The highest BCUT2D eigenvalue weighted by atomic mass is 16.6. The Labute approximate surface area is 157 Å². The molecule has 1 heterocycles. The van der Waals surface area contributed by atoms with Gasteiger partial charge in [-0.15, -0.1) is 0 Å². The molecule has 138 valence electrons. The summed E-state index contributed by atoms with van der Waals surface area (Å²) < 4.78 is 4.76. The summed E-state index contributed by atoms with van der Waals surface area (Å²) in [6.45, 7) is 1.96. The topological polar surface area (TPSA) is 81.5 Å². The van der Waals surface area contributed by atoms with E-state index in [-0.39, 0.29) is 34.5 Å².